The van der Waals surface area contributed by atoms with Crippen molar-refractivity contribution in [2.75, 3.05) is 6.54 Å². The Balaban J connectivity index is 1.65. The van der Waals surface area contributed by atoms with Gasteiger partial charge in [-0.05, 0) is 36.6 Å². The molecule has 1 fully saturated rings. The minimum Gasteiger partial charge on any atom is -0.489 e. The Hall–Kier alpha value is -3.32. The molecule has 29 heavy (non-hydrogen) atoms. The fourth-order valence-electron chi connectivity index (χ4n) is 4.04. The number of H-pyrrole nitrogens is 1. The van der Waals surface area contributed by atoms with Crippen molar-refractivity contribution in [3.8, 4) is 5.75 Å². The fourth-order valence-corrected chi connectivity index (χ4v) is 4.04. The van der Waals surface area contributed by atoms with Gasteiger partial charge in [0.15, 0.2) is 0 Å². The minimum atomic E-state index is -1.00. The van der Waals surface area contributed by atoms with Crippen LogP contribution in [0.2, 0.25) is 0 Å². The second kappa shape index (κ2) is 7.97. The van der Waals surface area contributed by atoms with E-state index in [1.807, 2.05) is 48.5 Å². The van der Waals surface area contributed by atoms with E-state index in [0.717, 1.165) is 22.9 Å². The first-order valence-electron chi connectivity index (χ1n) is 9.60. The van der Waals surface area contributed by atoms with Crippen molar-refractivity contribution in [3.05, 3.63) is 65.9 Å². The monoisotopic (exact) mass is 393 g/mol. The van der Waals surface area contributed by atoms with E-state index in [1.54, 1.807) is 11.1 Å². The molecule has 4 N–H and O–H groups in total. The number of rotatable bonds is 7. The lowest BCUT2D eigenvalue weighted by Gasteiger charge is -2.28. The Morgan fingerprint density at radius 2 is 2.03 bits per heavy atom. The lowest BCUT2D eigenvalue weighted by Crippen LogP contribution is -2.44. The molecule has 2 unspecified atom stereocenters. The number of nitrogens with two attached hydrogens (primary N) is 1. The van der Waals surface area contributed by atoms with Gasteiger partial charge in [0.05, 0.1) is 6.04 Å². The molecule has 1 aromatic heterocycles. The van der Waals surface area contributed by atoms with Crippen LogP contribution in [0.25, 0.3) is 10.9 Å². The number of carbonyl (C=O) groups excluding carboxylic acids is 1. The van der Waals surface area contributed by atoms with Crippen molar-refractivity contribution < 1.29 is 19.4 Å². The number of likely N-dealkylation sites (tertiary alicyclic amines) is 1. The Labute approximate surface area is 168 Å². The van der Waals surface area contributed by atoms with Gasteiger partial charge in [-0.3, -0.25) is 14.5 Å². The van der Waals surface area contributed by atoms with Crippen molar-refractivity contribution in [2.24, 2.45) is 5.73 Å². The van der Waals surface area contributed by atoms with Crippen molar-refractivity contribution in [3.63, 3.8) is 0 Å². The van der Waals surface area contributed by atoms with Gasteiger partial charge >= 0.3 is 5.97 Å². The fraction of sp³-hybridized carbons (Fsp3) is 0.273. The molecule has 3 aromatic rings. The molecule has 1 aliphatic heterocycles. The van der Waals surface area contributed by atoms with Crippen molar-refractivity contribution >= 4 is 22.8 Å². The highest BCUT2D eigenvalue weighted by molar-refractivity contribution is 5.90. The van der Waals surface area contributed by atoms with Crippen LogP contribution in [0.3, 0.4) is 0 Å². The molecular weight excluding hydrogens is 370 g/mol. The summed E-state index contributed by atoms with van der Waals surface area (Å²) in [4.78, 5) is 28.8. The summed E-state index contributed by atoms with van der Waals surface area (Å²) in [6, 6.07) is 13.9. The molecule has 1 saturated heterocycles. The summed E-state index contributed by atoms with van der Waals surface area (Å²) >= 11 is 0. The van der Waals surface area contributed by atoms with Crippen molar-refractivity contribution in [1.29, 1.82) is 0 Å². The van der Waals surface area contributed by atoms with Crippen LogP contribution in [0.5, 0.6) is 5.75 Å². The van der Waals surface area contributed by atoms with E-state index in [1.165, 1.54) is 0 Å². The number of aromatic nitrogens is 1. The first kappa shape index (κ1) is 19.0. The molecule has 2 atom stereocenters. The number of nitrogens with zero attached hydrogens (tertiary/aromatic N) is 1. The second-order valence-corrected chi connectivity index (χ2v) is 7.26. The molecule has 0 aliphatic carbocycles. The maximum Gasteiger partial charge on any atom is 0.325 e. The van der Waals surface area contributed by atoms with Gasteiger partial charge in [0.2, 0.25) is 5.91 Å². The molecule has 1 aliphatic rings. The largest absolute Gasteiger partial charge is 0.489 e. The second-order valence-electron chi connectivity index (χ2n) is 7.26. The van der Waals surface area contributed by atoms with Gasteiger partial charge in [-0.25, -0.2) is 0 Å². The number of aliphatic carboxylic acids is 1. The maximum atomic E-state index is 12.2. The van der Waals surface area contributed by atoms with E-state index in [0.29, 0.717) is 30.9 Å². The number of carboxylic acid groups (broad SMARTS) is 1. The van der Waals surface area contributed by atoms with Crippen LogP contribution in [0.1, 0.15) is 30.0 Å². The first-order valence-corrected chi connectivity index (χ1v) is 9.60. The number of carbonyl (C=O) groups is 2. The van der Waals surface area contributed by atoms with Crippen LogP contribution in [0.4, 0.5) is 0 Å². The number of hydrogen-bond donors (Lipinski definition) is 3. The van der Waals surface area contributed by atoms with Crippen LogP contribution in [0, 0.1) is 0 Å². The van der Waals surface area contributed by atoms with Crippen LogP contribution in [0.15, 0.2) is 54.7 Å². The van der Waals surface area contributed by atoms with E-state index < -0.39 is 24.0 Å². The van der Waals surface area contributed by atoms with Crippen molar-refractivity contribution in [1.82, 2.24) is 9.88 Å². The minimum absolute atomic E-state index is 0.421. The third-order valence-corrected chi connectivity index (χ3v) is 5.42. The summed E-state index contributed by atoms with van der Waals surface area (Å²) in [6.07, 6.45) is 3.01. The van der Waals surface area contributed by atoms with E-state index >= 15 is 0 Å². The summed E-state index contributed by atoms with van der Waals surface area (Å²) < 4.78 is 5.90. The quantitative estimate of drug-likeness (QED) is 0.572. The number of fused-ring (bicyclic) bond motifs is 1. The number of amides is 1. The smallest absolute Gasteiger partial charge is 0.325 e. The Bertz CT molecular complexity index is 1030. The molecular formula is C22H23N3O4. The molecule has 0 bridgehead atoms. The molecule has 2 aromatic carbocycles. The molecule has 2 heterocycles. The number of carboxylic acids is 1. The van der Waals surface area contributed by atoms with Gasteiger partial charge in [0.25, 0.3) is 0 Å². The number of benzene rings is 2. The van der Waals surface area contributed by atoms with Gasteiger partial charge in [-0.2, -0.15) is 0 Å². The van der Waals surface area contributed by atoms with E-state index in [9.17, 15) is 14.7 Å². The third kappa shape index (κ3) is 3.82. The number of primary amides is 1. The Morgan fingerprint density at radius 1 is 1.24 bits per heavy atom. The van der Waals surface area contributed by atoms with Gasteiger partial charge in [-0.1, -0.05) is 30.3 Å². The van der Waals surface area contributed by atoms with Crippen LogP contribution in [-0.2, 0) is 16.2 Å². The van der Waals surface area contributed by atoms with Crippen LogP contribution in [-0.4, -0.2) is 39.5 Å². The molecule has 7 nitrogen and oxygen atoms in total. The van der Waals surface area contributed by atoms with Gasteiger partial charge in [0, 0.05) is 29.2 Å². The normalized spacial score (nSPS) is 18.0. The number of nitrogens with one attached hydrogen (secondary N) is 1. The topological polar surface area (TPSA) is 109 Å². The van der Waals surface area contributed by atoms with Crippen molar-refractivity contribution in [2.45, 2.75) is 31.5 Å². The molecule has 0 spiro atoms. The summed E-state index contributed by atoms with van der Waals surface area (Å²) in [5.74, 6) is -0.839. The standard InChI is InChI=1S/C22H23N3O4/c23-21(26)19-7-4-10-25(19)20(22(27)28)17-12-24-18-9-8-15(11-16(17)18)29-13-14-5-2-1-3-6-14/h1-3,5-6,8-9,11-12,19-20,24H,4,7,10,13H2,(H2,23,26)(H,27,28). The highest BCUT2D eigenvalue weighted by Gasteiger charge is 2.39. The highest BCUT2D eigenvalue weighted by Crippen LogP contribution is 2.35. The zero-order chi connectivity index (χ0) is 20.4. The SMILES string of the molecule is NC(=O)C1CCCN1C(C(=O)O)c1c[nH]c2ccc(OCc3ccccc3)cc12. The molecule has 150 valence electrons. The molecule has 0 saturated carbocycles. The Morgan fingerprint density at radius 3 is 2.76 bits per heavy atom. The highest BCUT2D eigenvalue weighted by atomic mass is 16.5. The van der Waals surface area contributed by atoms with Crippen LogP contribution >= 0.6 is 0 Å². The maximum absolute atomic E-state index is 12.2. The number of aromatic amines is 1. The molecule has 7 heteroatoms. The summed E-state index contributed by atoms with van der Waals surface area (Å²) in [7, 11) is 0. The zero-order valence-corrected chi connectivity index (χ0v) is 15.9. The lowest BCUT2D eigenvalue weighted by atomic mass is 10.0. The summed E-state index contributed by atoms with van der Waals surface area (Å²) in [6.45, 7) is 0.936. The summed E-state index contributed by atoms with van der Waals surface area (Å²) in [5.41, 5.74) is 7.97. The molecule has 1 amide bonds. The van der Waals surface area contributed by atoms with E-state index in [4.69, 9.17) is 10.5 Å². The van der Waals surface area contributed by atoms with Crippen LogP contribution < -0.4 is 10.5 Å². The lowest BCUT2D eigenvalue weighted by molar-refractivity contribution is -0.144. The predicted octanol–water partition coefficient (Wildman–Crippen LogP) is 2.82. The summed E-state index contributed by atoms with van der Waals surface area (Å²) in [5, 5.41) is 10.7. The first-order chi connectivity index (χ1) is 14.0. The molecule has 4 rings (SSSR count). The average molecular weight is 393 g/mol. The van der Waals surface area contributed by atoms with E-state index in [-0.39, 0.29) is 0 Å². The number of ether oxygens (including phenoxy) is 1. The van der Waals surface area contributed by atoms with Gasteiger partial charge < -0.3 is 20.6 Å². The van der Waals surface area contributed by atoms with E-state index in [2.05, 4.69) is 4.98 Å². The third-order valence-electron chi connectivity index (χ3n) is 5.42. The Kier molecular flexibility index (Phi) is 5.22. The van der Waals surface area contributed by atoms with Gasteiger partial charge in [0.1, 0.15) is 18.4 Å². The number of hydrogen-bond acceptors (Lipinski definition) is 4. The predicted molar refractivity (Wildman–Crippen MR) is 108 cm³/mol. The molecule has 0 radical (unpaired) electrons. The average Bonchev–Trinajstić information content (AvgIpc) is 3.35. The zero-order valence-electron chi connectivity index (χ0n) is 15.9. The van der Waals surface area contributed by atoms with Gasteiger partial charge in [-0.15, -0.1) is 0 Å².